The molecule has 1 amide bonds. The predicted octanol–water partition coefficient (Wildman–Crippen LogP) is 3.09. The molecule has 1 aliphatic carbocycles. The monoisotopic (exact) mass is 369 g/mol. The lowest BCUT2D eigenvalue weighted by Crippen LogP contribution is -2.44. The average molecular weight is 370 g/mol. The maximum absolute atomic E-state index is 15.4. The highest BCUT2D eigenvalue weighted by atomic mass is 35.5. The van der Waals surface area contributed by atoms with Crippen LogP contribution in [0.5, 0.6) is 0 Å². The second-order valence-corrected chi connectivity index (χ2v) is 6.40. The van der Waals surface area contributed by atoms with Gasteiger partial charge in [-0.15, -0.1) is 0 Å². The minimum Gasteiger partial charge on any atom is -0.387 e. The number of rotatable bonds is 3. The summed E-state index contributed by atoms with van der Waals surface area (Å²) in [6, 6.07) is 4.51. The van der Waals surface area contributed by atoms with Crippen LogP contribution in [0, 0.1) is 0 Å². The van der Waals surface area contributed by atoms with E-state index in [1.54, 1.807) is 0 Å². The van der Waals surface area contributed by atoms with E-state index in [0.717, 1.165) is 0 Å². The summed E-state index contributed by atoms with van der Waals surface area (Å²) in [5.41, 5.74) is -1.57. The van der Waals surface area contributed by atoms with Crippen molar-refractivity contribution in [3.05, 3.63) is 57.6 Å². The van der Waals surface area contributed by atoms with Crippen LogP contribution in [-0.2, 0) is 17.0 Å². The Morgan fingerprint density at radius 2 is 2.25 bits per heavy atom. The topological polar surface area (TPSA) is 75.1 Å². The number of carbonyl (C=O) groups is 1. The van der Waals surface area contributed by atoms with Crippen molar-refractivity contribution in [2.75, 3.05) is 0 Å². The number of pyridine rings is 2. The fourth-order valence-corrected chi connectivity index (χ4v) is 3.18. The third-order valence-electron chi connectivity index (χ3n) is 4.00. The first-order chi connectivity index (χ1) is 11.4. The molecule has 2 heterocycles. The molecule has 8 heteroatoms. The number of aliphatic hydroxyl groups excluding tert-OH is 1. The number of carbonyl (C=O) groups excluding carboxylic acids is 1. The van der Waals surface area contributed by atoms with Crippen LogP contribution >= 0.6 is 23.2 Å². The van der Waals surface area contributed by atoms with Crippen molar-refractivity contribution in [3.63, 3.8) is 0 Å². The summed E-state index contributed by atoms with van der Waals surface area (Å²) >= 11 is 11.8. The van der Waals surface area contributed by atoms with Crippen molar-refractivity contribution in [3.8, 4) is 0 Å². The van der Waals surface area contributed by atoms with Gasteiger partial charge in [-0.1, -0.05) is 29.3 Å². The normalized spacial score (nSPS) is 22.8. The van der Waals surface area contributed by atoms with Gasteiger partial charge in [0.15, 0.2) is 0 Å². The molecule has 0 radical (unpaired) electrons. The van der Waals surface area contributed by atoms with Crippen LogP contribution in [0.3, 0.4) is 0 Å². The Hall–Kier alpha value is -1.76. The molecule has 0 aromatic carbocycles. The summed E-state index contributed by atoms with van der Waals surface area (Å²) in [4.78, 5) is 20.5. The first kappa shape index (κ1) is 17.1. The van der Waals surface area contributed by atoms with Gasteiger partial charge in [0.25, 0.3) is 5.91 Å². The average Bonchev–Trinajstić information content (AvgIpc) is 2.57. The largest absolute Gasteiger partial charge is 0.387 e. The molecule has 2 N–H and O–H groups in total. The van der Waals surface area contributed by atoms with Gasteiger partial charge in [0, 0.05) is 18.0 Å². The smallest absolute Gasteiger partial charge is 0.262 e. The molecular formula is C16H14Cl2FN3O2. The molecule has 0 bridgehead atoms. The summed E-state index contributed by atoms with van der Waals surface area (Å²) in [5.74, 6) is -0.809. The van der Waals surface area contributed by atoms with Gasteiger partial charge in [-0.25, -0.2) is 4.39 Å². The number of hydrogen-bond acceptors (Lipinski definition) is 4. The molecule has 126 valence electrons. The summed E-state index contributed by atoms with van der Waals surface area (Å²) in [6.45, 7) is -0.0291. The molecule has 1 aliphatic rings. The van der Waals surface area contributed by atoms with Gasteiger partial charge >= 0.3 is 0 Å². The van der Waals surface area contributed by atoms with Crippen LogP contribution < -0.4 is 5.32 Å². The molecule has 24 heavy (non-hydrogen) atoms. The third-order valence-corrected chi connectivity index (χ3v) is 4.54. The maximum Gasteiger partial charge on any atom is 0.262 e. The van der Waals surface area contributed by atoms with Gasteiger partial charge < -0.3 is 10.4 Å². The SMILES string of the molecule is O=C(NCc1ncc(Cl)cc1Cl)C1(F)CCC(O)c2ncccc21. The zero-order chi connectivity index (χ0) is 17.3. The molecule has 0 aliphatic heterocycles. The van der Waals surface area contributed by atoms with E-state index in [9.17, 15) is 9.90 Å². The quantitative estimate of drug-likeness (QED) is 0.871. The van der Waals surface area contributed by atoms with E-state index < -0.39 is 17.7 Å². The Morgan fingerprint density at radius 3 is 3.00 bits per heavy atom. The first-order valence-electron chi connectivity index (χ1n) is 7.32. The Labute approximate surface area is 147 Å². The molecular weight excluding hydrogens is 356 g/mol. The molecule has 0 fully saturated rings. The Balaban J connectivity index is 1.81. The van der Waals surface area contributed by atoms with E-state index in [4.69, 9.17) is 23.2 Å². The van der Waals surface area contributed by atoms with Crippen molar-refractivity contribution >= 4 is 29.1 Å². The highest BCUT2D eigenvalue weighted by molar-refractivity contribution is 6.34. The van der Waals surface area contributed by atoms with Crippen molar-refractivity contribution in [2.45, 2.75) is 31.2 Å². The Bertz CT molecular complexity index is 790. The number of nitrogens with one attached hydrogen (secondary N) is 1. The molecule has 3 rings (SSSR count). The molecule has 0 saturated heterocycles. The third kappa shape index (κ3) is 3.09. The van der Waals surface area contributed by atoms with Crippen molar-refractivity contribution in [1.29, 1.82) is 0 Å². The number of amides is 1. The molecule has 2 aromatic rings. The Kier molecular flexibility index (Phi) is 4.71. The van der Waals surface area contributed by atoms with Gasteiger partial charge in [0.1, 0.15) is 0 Å². The van der Waals surface area contributed by atoms with E-state index in [0.29, 0.717) is 10.7 Å². The molecule has 0 spiro atoms. The molecule has 0 saturated carbocycles. The summed E-state index contributed by atoms with van der Waals surface area (Å²) in [7, 11) is 0. The van der Waals surface area contributed by atoms with Crippen molar-refractivity contribution < 1.29 is 14.3 Å². The summed E-state index contributed by atoms with van der Waals surface area (Å²) < 4.78 is 15.4. The fraction of sp³-hybridized carbons (Fsp3) is 0.312. The van der Waals surface area contributed by atoms with Crippen LogP contribution in [-0.4, -0.2) is 21.0 Å². The molecule has 5 nitrogen and oxygen atoms in total. The van der Waals surface area contributed by atoms with E-state index in [1.165, 1.54) is 30.6 Å². The van der Waals surface area contributed by atoms with Gasteiger partial charge in [-0.3, -0.25) is 14.8 Å². The first-order valence-corrected chi connectivity index (χ1v) is 8.08. The van der Waals surface area contributed by atoms with Gasteiger partial charge in [-0.05, 0) is 25.0 Å². The van der Waals surface area contributed by atoms with Gasteiger partial charge in [0.05, 0.1) is 34.1 Å². The molecule has 2 atom stereocenters. The summed E-state index contributed by atoms with van der Waals surface area (Å²) in [6.07, 6.45) is 1.98. The van der Waals surface area contributed by atoms with E-state index in [1.807, 2.05) is 0 Å². The predicted molar refractivity (Wildman–Crippen MR) is 87.3 cm³/mol. The number of halogens is 3. The minimum absolute atomic E-state index is 0.0291. The lowest BCUT2D eigenvalue weighted by atomic mass is 9.81. The highest BCUT2D eigenvalue weighted by Gasteiger charge is 2.46. The minimum atomic E-state index is -2.25. The lowest BCUT2D eigenvalue weighted by Gasteiger charge is -2.32. The zero-order valence-electron chi connectivity index (χ0n) is 12.5. The second-order valence-electron chi connectivity index (χ2n) is 5.56. The maximum atomic E-state index is 15.4. The molecule has 2 unspecified atom stereocenters. The van der Waals surface area contributed by atoms with E-state index in [-0.39, 0.29) is 35.7 Å². The van der Waals surface area contributed by atoms with Gasteiger partial charge in [0.2, 0.25) is 5.67 Å². The van der Waals surface area contributed by atoms with Crippen LogP contribution in [0.25, 0.3) is 0 Å². The standard InChI is InChI=1S/C16H14Cl2FN3O2/c17-9-6-11(18)12(21-7-9)8-22-15(24)16(19)4-3-13(23)14-10(16)2-1-5-20-14/h1-2,5-7,13,23H,3-4,8H2,(H,22,24). The van der Waals surface area contributed by atoms with E-state index >= 15 is 4.39 Å². The van der Waals surface area contributed by atoms with Crippen LogP contribution in [0.15, 0.2) is 30.6 Å². The zero-order valence-corrected chi connectivity index (χ0v) is 14.0. The number of nitrogens with zero attached hydrogens (tertiary/aromatic N) is 2. The number of aliphatic hydroxyl groups is 1. The van der Waals surface area contributed by atoms with Crippen LogP contribution in [0.4, 0.5) is 4.39 Å². The van der Waals surface area contributed by atoms with Gasteiger partial charge in [-0.2, -0.15) is 0 Å². The van der Waals surface area contributed by atoms with E-state index in [2.05, 4.69) is 15.3 Å². The van der Waals surface area contributed by atoms with Crippen molar-refractivity contribution in [2.24, 2.45) is 0 Å². The lowest BCUT2D eigenvalue weighted by molar-refractivity contribution is -0.135. The number of hydrogen-bond donors (Lipinski definition) is 2. The molecule has 2 aromatic heterocycles. The van der Waals surface area contributed by atoms with Crippen molar-refractivity contribution in [1.82, 2.24) is 15.3 Å². The second kappa shape index (κ2) is 6.63. The summed E-state index contributed by atoms with van der Waals surface area (Å²) in [5, 5.41) is 13.1. The van der Waals surface area contributed by atoms with Crippen LogP contribution in [0.1, 0.15) is 35.9 Å². The number of alkyl halides is 1. The number of fused-ring (bicyclic) bond motifs is 1. The highest BCUT2D eigenvalue weighted by Crippen LogP contribution is 2.42. The Morgan fingerprint density at radius 1 is 1.46 bits per heavy atom. The van der Waals surface area contributed by atoms with Crippen LogP contribution in [0.2, 0.25) is 10.0 Å². The fourth-order valence-electron chi connectivity index (χ4n) is 2.74. The number of aromatic nitrogens is 2.